The highest BCUT2D eigenvalue weighted by Gasteiger charge is 2.18. The number of pyridine rings is 1. The number of halogens is 2. The van der Waals surface area contributed by atoms with Crippen LogP contribution < -0.4 is 10.9 Å². The molecule has 8 heteroatoms. The number of anilines is 1. The minimum Gasteiger partial charge on any atom is -0.361 e. The van der Waals surface area contributed by atoms with Crippen LogP contribution in [0.2, 0.25) is 10.3 Å². The van der Waals surface area contributed by atoms with Crippen molar-refractivity contribution in [1.29, 1.82) is 0 Å². The Morgan fingerprint density at radius 1 is 1.07 bits per heavy atom. The lowest BCUT2D eigenvalue weighted by Gasteiger charge is -2.22. The number of aromatic nitrogens is 3. The van der Waals surface area contributed by atoms with Crippen molar-refractivity contribution in [2.24, 2.45) is 0 Å². The van der Waals surface area contributed by atoms with E-state index in [-0.39, 0.29) is 30.4 Å². The third-order valence-corrected chi connectivity index (χ3v) is 5.27. The molecule has 2 aromatic carbocycles. The van der Waals surface area contributed by atoms with Gasteiger partial charge >= 0.3 is 0 Å². The first-order valence-electron chi connectivity index (χ1n) is 9.11. The normalized spacial score (nSPS) is 11.7. The van der Waals surface area contributed by atoms with Crippen LogP contribution in [0, 0.1) is 6.92 Å². The van der Waals surface area contributed by atoms with E-state index in [4.69, 9.17) is 23.2 Å². The van der Waals surface area contributed by atoms with E-state index in [1.54, 1.807) is 4.57 Å². The molecule has 1 atom stereocenters. The molecule has 0 aliphatic carbocycles. The van der Waals surface area contributed by atoms with Crippen molar-refractivity contribution in [3.05, 3.63) is 92.7 Å². The molecular weight excluding hydrogens is 439 g/mol. The molecule has 5 nitrogen and oxygen atoms in total. The first-order chi connectivity index (χ1) is 14.0. The maximum absolute atomic E-state index is 13.5. The number of nitrogens with one attached hydrogen (secondary N) is 1. The number of benzene rings is 2. The lowest BCUT2D eigenvalue weighted by atomic mass is 10.0. The van der Waals surface area contributed by atoms with E-state index in [2.05, 4.69) is 15.3 Å². The Labute approximate surface area is 191 Å². The molecule has 1 N–H and O–H groups in total. The number of nitrogens with zero attached hydrogens (tertiary/aromatic N) is 3. The standard InChI is InChI=1S/C22H18Cl2N4O.H2S/c1-13-7-6-8-15-11-18(14(2)26-20-17(23)12-25-22(24)27-20)28(21(29)19(13)15)16-9-4-3-5-10-16;/h3-12,14H,1-2H3,(H,25,26,27);1H2/t14-;/m0./s1. The van der Waals surface area contributed by atoms with Crippen LogP contribution in [0.5, 0.6) is 0 Å². The fourth-order valence-electron chi connectivity index (χ4n) is 3.44. The van der Waals surface area contributed by atoms with Gasteiger partial charge in [-0.05, 0) is 54.6 Å². The molecule has 4 aromatic rings. The Kier molecular flexibility index (Phi) is 6.71. The van der Waals surface area contributed by atoms with Crippen molar-refractivity contribution >= 4 is 53.3 Å². The highest BCUT2D eigenvalue weighted by Crippen LogP contribution is 2.27. The molecule has 0 fully saturated rings. The van der Waals surface area contributed by atoms with Gasteiger partial charge in [0, 0.05) is 11.4 Å². The van der Waals surface area contributed by atoms with Crippen LogP contribution in [0.25, 0.3) is 16.5 Å². The van der Waals surface area contributed by atoms with Crippen LogP contribution in [0.1, 0.15) is 24.2 Å². The van der Waals surface area contributed by atoms with Gasteiger partial charge in [-0.1, -0.05) is 48.0 Å². The first kappa shape index (κ1) is 22.2. The monoisotopic (exact) mass is 458 g/mol. The topological polar surface area (TPSA) is 59.8 Å². The van der Waals surface area contributed by atoms with Gasteiger partial charge in [-0.3, -0.25) is 9.36 Å². The van der Waals surface area contributed by atoms with Gasteiger partial charge < -0.3 is 5.32 Å². The van der Waals surface area contributed by atoms with Crippen molar-refractivity contribution in [3.63, 3.8) is 0 Å². The molecule has 0 saturated heterocycles. The molecule has 0 spiro atoms. The number of rotatable bonds is 4. The van der Waals surface area contributed by atoms with Gasteiger partial charge in [-0.2, -0.15) is 18.5 Å². The summed E-state index contributed by atoms with van der Waals surface area (Å²) in [5.74, 6) is 0.413. The molecule has 4 rings (SSSR count). The number of aryl methyl sites for hydroxylation is 1. The summed E-state index contributed by atoms with van der Waals surface area (Å²) >= 11 is 12.1. The predicted molar refractivity (Wildman–Crippen MR) is 129 cm³/mol. The molecule has 154 valence electrons. The summed E-state index contributed by atoms with van der Waals surface area (Å²) in [6, 6.07) is 17.2. The van der Waals surface area contributed by atoms with Crippen molar-refractivity contribution < 1.29 is 0 Å². The van der Waals surface area contributed by atoms with Crippen LogP contribution >= 0.6 is 36.7 Å². The van der Waals surface area contributed by atoms with Crippen LogP contribution in [0.3, 0.4) is 0 Å². The quantitative estimate of drug-likeness (QED) is 0.399. The summed E-state index contributed by atoms with van der Waals surface area (Å²) < 4.78 is 1.73. The molecule has 0 aliphatic rings. The Bertz CT molecular complexity index is 1260. The smallest absolute Gasteiger partial charge is 0.263 e. The summed E-state index contributed by atoms with van der Waals surface area (Å²) in [4.78, 5) is 21.6. The minimum atomic E-state index is -0.281. The van der Waals surface area contributed by atoms with E-state index >= 15 is 0 Å². The summed E-state index contributed by atoms with van der Waals surface area (Å²) in [6.45, 7) is 3.89. The lowest BCUT2D eigenvalue weighted by molar-refractivity contribution is 0.772. The number of hydrogen-bond acceptors (Lipinski definition) is 4. The van der Waals surface area contributed by atoms with E-state index in [1.807, 2.05) is 68.4 Å². The molecule has 0 unspecified atom stereocenters. The van der Waals surface area contributed by atoms with Crippen LogP contribution in [0.15, 0.2) is 65.6 Å². The molecule has 0 amide bonds. The van der Waals surface area contributed by atoms with E-state index in [9.17, 15) is 4.79 Å². The zero-order valence-corrected chi connectivity index (χ0v) is 18.9. The lowest BCUT2D eigenvalue weighted by Crippen LogP contribution is -2.26. The zero-order valence-electron chi connectivity index (χ0n) is 16.4. The fraction of sp³-hybridized carbons (Fsp3) is 0.136. The number of para-hydroxylation sites is 1. The molecule has 0 radical (unpaired) electrons. The Hall–Kier alpha value is -2.54. The third kappa shape index (κ3) is 4.17. The fourth-order valence-corrected chi connectivity index (χ4v) is 3.72. The Morgan fingerprint density at radius 3 is 2.53 bits per heavy atom. The average molecular weight is 459 g/mol. The van der Waals surface area contributed by atoms with Gasteiger partial charge in [0.15, 0.2) is 0 Å². The van der Waals surface area contributed by atoms with E-state index in [0.717, 1.165) is 22.3 Å². The van der Waals surface area contributed by atoms with Gasteiger partial charge in [-0.15, -0.1) is 0 Å². The molecule has 0 bridgehead atoms. The largest absolute Gasteiger partial charge is 0.361 e. The summed E-state index contributed by atoms with van der Waals surface area (Å²) in [6.07, 6.45) is 1.44. The minimum absolute atomic E-state index is 0. The average Bonchev–Trinajstić information content (AvgIpc) is 2.71. The molecule has 2 heterocycles. The molecular formula is C22H20Cl2N4OS. The van der Waals surface area contributed by atoms with Crippen molar-refractivity contribution in [1.82, 2.24) is 14.5 Å². The first-order valence-corrected chi connectivity index (χ1v) is 9.86. The summed E-state index contributed by atoms with van der Waals surface area (Å²) in [7, 11) is 0. The van der Waals surface area contributed by atoms with Crippen LogP contribution in [-0.2, 0) is 0 Å². The van der Waals surface area contributed by atoms with E-state index in [0.29, 0.717) is 16.2 Å². The van der Waals surface area contributed by atoms with Crippen LogP contribution in [0.4, 0.5) is 5.82 Å². The maximum Gasteiger partial charge on any atom is 0.263 e. The van der Waals surface area contributed by atoms with Gasteiger partial charge in [0.05, 0.1) is 17.6 Å². The SMILES string of the molecule is Cc1cccc2cc([C@H](C)Nc3nc(Cl)ncc3Cl)n(-c3ccccc3)c(=O)c12.S. The van der Waals surface area contributed by atoms with Gasteiger partial charge in [-0.25, -0.2) is 4.98 Å². The molecule has 0 saturated carbocycles. The predicted octanol–water partition coefficient (Wildman–Crippen LogP) is 5.68. The maximum atomic E-state index is 13.5. The molecule has 30 heavy (non-hydrogen) atoms. The van der Waals surface area contributed by atoms with Gasteiger partial charge in [0.2, 0.25) is 5.28 Å². The third-order valence-electron chi connectivity index (χ3n) is 4.81. The van der Waals surface area contributed by atoms with Crippen molar-refractivity contribution in [2.75, 3.05) is 5.32 Å². The molecule has 0 aliphatic heterocycles. The second-order valence-electron chi connectivity index (χ2n) is 6.79. The Morgan fingerprint density at radius 2 is 1.80 bits per heavy atom. The summed E-state index contributed by atoms with van der Waals surface area (Å²) in [5, 5.41) is 5.30. The van der Waals surface area contributed by atoms with E-state index < -0.39 is 0 Å². The molecule has 2 aromatic heterocycles. The number of fused-ring (bicyclic) bond motifs is 1. The Balaban J connectivity index is 0.00000256. The van der Waals surface area contributed by atoms with Crippen molar-refractivity contribution in [2.45, 2.75) is 19.9 Å². The second kappa shape index (κ2) is 9.08. The number of hydrogen-bond donors (Lipinski definition) is 1. The van der Waals surface area contributed by atoms with Gasteiger partial charge in [0.25, 0.3) is 5.56 Å². The van der Waals surface area contributed by atoms with Crippen molar-refractivity contribution in [3.8, 4) is 5.69 Å². The van der Waals surface area contributed by atoms with Gasteiger partial charge in [0.1, 0.15) is 10.8 Å². The highest BCUT2D eigenvalue weighted by molar-refractivity contribution is 7.59. The highest BCUT2D eigenvalue weighted by atomic mass is 35.5. The second-order valence-corrected chi connectivity index (χ2v) is 7.53. The zero-order chi connectivity index (χ0) is 20.5. The van der Waals surface area contributed by atoms with E-state index in [1.165, 1.54) is 6.20 Å². The van der Waals surface area contributed by atoms with Crippen LogP contribution in [-0.4, -0.2) is 14.5 Å². The summed E-state index contributed by atoms with van der Waals surface area (Å²) in [5.41, 5.74) is 2.44.